The van der Waals surface area contributed by atoms with Gasteiger partial charge in [-0.15, -0.1) is 0 Å². The van der Waals surface area contributed by atoms with Crippen molar-refractivity contribution >= 4 is 11.9 Å². The van der Waals surface area contributed by atoms with E-state index in [1.807, 2.05) is 46.8 Å². The van der Waals surface area contributed by atoms with Crippen molar-refractivity contribution in [2.75, 3.05) is 0 Å². The summed E-state index contributed by atoms with van der Waals surface area (Å²) in [5.74, 6) is -3.41. The van der Waals surface area contributed by atoms with Gasteiger partial charge < -0.3 is 10.2 Å². The molecule has 0 aliphatic heterocycles. The van der Waals surface area contributed by atoms with Gasteiger partial charge in [0, 0.05) is 0 Å². The van der Waals surface area contributed by atoms with Gasteiger partial charge in [-0.25, -0.2) is 0 Å². The minimum atomic E-state index is -0.909. The number of benzene rings is 1. The molecule has 2 atom stereocenters. The fourth-order valence-electron chi connectivity index (χ4n) is 2.95. The second-order valence-electron chi connectivity index (χ2n) is 6.44. The molecule has 0 aliphatic rings. The van der Waals surface area contributed by atoms with Crippen LogP contribution in [0.15, 0.2) is 18.2 Å². The number of aryl methyl sites for hydroxylation is 1. The van der Waals surface area contributed by atoms with Crippen LogP contribution in [0, 0.1) is 11.8 Å². The molecule has 0 radical (unpaired) electrons. The van der Waals surface area contributed by atoms with Gasteiger partial charge in [-0.1, -0.05) is 52.8 Å². The van der Waals surface area contributed by atoms with Gasteiger partial charge in [0.05, 0.1) is 11.8 Å². The van der Waals surface area contributed by atoms with E-state index in [0.29, 0.717) is 11.1 Å². The maximum atomic E-state index is 11.7. The molecule has 2 unspecified atom stereocenters. The van der Waals surface area contributed by atoms with Gasteiger partial charge in [0.25, 0.3) is 0 Å². The quantitative estimate of drug-likeness (QED) is 0.801. The number of aliphatic carboxylic acids is 2. The maximum absolute atomic E-state index is 11.7. The molecule has 22 heavy (non-hydrogen) atoms. The molecule has 2 N–H and O–H groups in total. The van der Waals surface area contributed by atoms with Gasteiger partial charge in [0.2, 0.25) is 0 Å². The molecule has 0 fully saturated rings. The van der Waals surface area contributed by atoms with E-state index in [1.54, 1.807) is 6.07 Å². The third kappa shape index (κ3) is 3.87. The van der Waals surface area contributed by atoms with Gasteiger partial charge in [0.1, 0.15) is 0 Å². The third-order valence-electron chi connectivity index (χ3n) is 4.10. The lowest BCUT2D eigenvalue weighted by molar-refractivity contribution is -0.141. The molecule has 0 saturated carbocycles. The average Bonchev–Trinajstić information content (AvgIpc) is 2.38. The highest BCUT2D eigenvalue weighted by molar-refractivity contribution is 5.81. The Morgan fingerprint density at radius 2 is 1.36 bits per heavy atom. The third-order valence-corrected chi connectivity index (χ3v) is 4.10. The first-order valence-electron chi connectivity index (χ1n) is 7.78. The van der Waals surface area contributed by atoms with E-state index >= 15 is 0 Å². The molecule has 4 nitrogen and oxygen atoms in total. The Labute approximate surface area is 132 Å². The van der Waals surface area contributed by atoms with E-state index in [2.05, 4.69) is 0 Å². The lowest BCUT2D eigenvalue weighted by Gasteiger charge is -2.26. The number of carbonyl (C=O) groups is 2. The molecule has 1 aromatic rings. The number of carboxylic acids is 2. The molecular formula is C18H26O4. The first kappa shape index (κ1) is 18.2. The number of hydrogen-bond donors (Lipinski definition) is 2. The SMILES string of the molecule is CCc1ccc(C(C(=O)O)C(C)C)c(C(C(=O)O)C(C)C)c1. The highest BCUT2D eigenvalue weighted by atomic mass is 16.4. The van der Waals surface area contributed by atoms with Crippen molar-refractivity contribution in [3.8, 4) is 0 Å². The zero-order valence-corrected chi connectivity index (χ0v) is 14.0. The van der Waals surface area contributed by atoms with Crippen molar-refractivity contribution in [1.29, 1.82) is 0 Å². The molecule has 0 bridgehead atoms. The van der Waals surface area contributed by atoms with E-state index in [4.69, 9.17) is 0 Å². The summed E-state index contributed by atoms with van der Waals surface area (Å²) in [5, 5.41) is 19.2. The summed E-state index contributed by atoms with van der Waals surface area (Å²) in [6.45, 7) is 9.41. The van der Waals surface area contributed by atoms with Crippen LogP contribution < -0.4 is 0 Å². The van der Waals surface area contributed by atoms with Gasteiger partial charge >= 0.3 is 11.9 Å². The van der Waals surface area contributed by atoms with Gasteiger partial charge in [-0.05, 0) is 34.9 Å². The summed E-state index contributed by atoms with van der Waals surface area (Å²) in [6.07, 6.45) is 0.789. The van der Waals surface area contributed by atoms with Crippen molar-refractivity contribution in [3.05, 3.63) is 34.9 Å². The minimum absolute atomic E-state index is 0.106. The number of carboxylic acid groups (broad SMARTS) is 2. The monoisotopic (exact) mass is 306 g/mol. The predicted molar refractivity (Wildman–Crippen MR) is 86.2 cm³/mol. The van der Waals surface area contributed by atoms with Crippen molar-refractivity contribution < 1.29 is 19.8 Å². The van der Waals surface area contributed by atoms with Crippen LogP contribution in [0.2, 0.25) is 0 Å². The van der Waals surface area contributed by atoms with Crippen molar-refractivity contribution in [2.24, 2.45) is 11.8 Å². The molecule has 0 aliphatic carbocycles. The van der Waals surface area contributed by atoms with E-state index in [1.165, 1.54) is 0 Å². The Bertz CT molecular complexity index is 546. The maximum Gasteiger partial charge on any atom is 0.311 e. The molecule has 0 heterocycles. The first-order valence-corrected chi connectivity index (χ1v) is 7.78. The van der Waals surface area contributed by atoms with E-state index in [9.17, 15) is 19.8 Å². The van der Waals surface area contributed by atoms with E-state index < -0.39 is 23.8 Å². The lowest BCUT2D eigenvalue weighted by Crippen LogP contribution is -2.24. The van der Waals surface area contributed by atoms with Gasteiger partial charge in [-0.2, -0.15) is 0 Å². The largest absolute Gasteiger partial charge is 0.481 e. The normalized spacial score (nSPS) is 14.1. The molecule has 1 rings (SSSR count). The zero-order valence-electron chi connectivity index (χ0n) is 14.0. The number of rotatable bonds is 7. The van der Waals surface area contributed by atoms with E-state index in [0.717, 1.165) is 12.0 Å². The molecule has 0 amide bonds. The zero-order chi connectivity index (χ0) is 17.0. The standard InChI is InChI=1S/C18H26O4/c1-6-12-7-8-13(15(10(2)3)17(19)20)14(9-12)16(11(4)5)18(21)22/h7-11,15-16H,6H2,1-5H3,(H,19,20)(H,21,22). The highest BCUT2D eigenvalue weighted by Gasteiger charge is 2.32. The summed E-state index contributed by atoms with van der Waals surface area (Å²) >= 11 is 0. The summed E-state index contributed by atoms with van der Waals surface area (Å²) in [6, 6.07) is 5.56. The number of hydrogen-bond acceptors (Lipinski definition) is 2. The second kappa shape index (κ2) is 7.43. The molecule has 4 heteroatoms. The Hall–Kier alpha value is -1.84. The Balaban J connectivity index is 3.57. The predicted octanol–water partition coefficient (Wildman–Crippen LogP) is 3.90. The van der Waals surface area contributed by atoms with Crippen LogP contribution in [0.4, 0.5) is 0 Å². The van der Waals surface area contributed by atoms with Gasteiger partial charge in [0.15, 0.2) is 0 Å². The minimum Gasteiger partial charge on any atom is -0.481 e. The Morgan fingerprint density at radius 1 is 0.909 bits per heavy atom. The van der Waals surface area contributed by atoms with Crippen LogP contribution in [-0.4, -0.2) is 22.2 Å². The van der Waals surface area contributed by atoms with Crippen molar-refractivity contribution in [2.45, 2.75) is 52.9 Å². The highest BCUT2D eigenvalue weighted by Crippen LogP contribution is 2.35. The fraction of sp³-hybridized carbons (Fsp3) is 0.556. The van der Waals surface area contributed by atoms with Crippen LogP contribution in [-0.2, 0) is 16.0 Å². The van der Waals surface area contributed by atoms with Crippen LogP contribution in [0.5, 0.6) is 0 Å². The first-order chi connectivity index (χ1) is 10.2. The molecule has 0 aromatic heterocycles. The molecule has 0 saturated heterocycles. The summed E-state index contributed by atoms with van der Waals surface area (Å²) < 4.78 is 0. The van der Waals surface area contributed by atoms with Crippen LogP contribution in [0.1, 0.15) is 63.1 Å². The Kier molecular flexibility index (Phi) is 6.15. The summed E-state index contributed by atoms with van der Waals surface area (Å²) in [7, 11) is 0. The second-order valence-corrected chi connectivity index (χ2v) is 6.44. The lowest BCUT2D eigenvalue weighted by atomic mass is 9.78. The molecule has 0 spiro atoms. The van der Waals surface area contributed by atoms with Crippen LogP contribution in [0.25, 0.3) is 0 Å². The average molecular weight is 306 g/mol. The van der Waals surface area contributed by atoms with E-state index in [-0.39, 0.29) is 11.8 Å². The van der Waals surface area contributed by atoms with Crippen LogP contribution >= 0.6 is 0 Å². The topological polar surface area (TPSA) is 74.6 Å². The van der Waals surface area contributed by atoms with Crippen molar-refractivity contribution in [3.63, 3.8) is 0 Å². The van der Waals surface area contributed by atoms with Crippen molar-refractivity contribution in [1.82, 2.24) is 0 Å². The molecular weight excluding hydrogens is 280 g/mol. The molecule has 122 valence electrons. The fourth-order valence-corrected chi connectivity index (χ4v) is 2.95. The smallest absolute Gasteiger partial charge is 0.311 e. The van der Waals surface area contributed by atoms with Crippen LogP contribution in [0.3, 0.4) is 0 Å². The summed E-state index contributed by atoms with van der Waals surface area (Å²) in [4.78, 5) is 23.4. The Morgan fingerprint density at radius 3 is 1.73 bits per heavy atom. The van der Waals surface area contributed by atoms with Gasteiger partial charge in [-0.3, -0.25) is 9.59 Å². The summed E-state index contributed by atoms with van der Waals surface area (Å²) in [5.41, 5.74) is 2.29. The molecule has 1 aromatic carbocycles.